The van der Waals surface area contributed by atoms with Crippen molar-refractivity contribution in [2.24, 2.45) is 11.8 Å². The molecule has 0 aromatic carbocycles. The van der Waals surface area contributed by atoms with E-state index < -0.39 is 0 Å². The van der Waals surface area contributed by atoms with E-state index in [1.54, 1.807) is 0 Å². The molecule has 1 aliphatic carbocycles. The first kappa shape index (κ1) is 6.83. The fourth-order valence-electron chi connectivity index (χ4n) is 2.07. The topological polar surface area (TPSA) is 43.4 Å². The van der Waals surface area contributed by atoms with E-state index in [0.717, 1.165) is 19.1 Å². The van der Waals surface area contributed by atoms with Crippen molar-refractivity contribution in [3.63, 3.8) is 0 Å². The summed E-state index contributed by atoms with van der Waals surface area (Å²) in [7, 11) is 0. The highest BCUT2D eigenvalue weighted by Crippen LogP contribution is 2.39. The van der Waals surface area contributed by atoms with Crippen LogP contribution in [-0.4, -0.2) is 18.4 Å². The van der Waals surface area contributed by atoms with Crippen LogP contribution in [0.4, 0.5) is 0 Å². The van der Waals surface area contributed by atoms with Gasteiger partial charge in [-0.15, -0.1) is 0 Å². The molecule has 3 atom stereocenters. The minimum atomic E-state index is -0.133. The Bertz CT molecular complexity index is 200. The number of carbonyl (C=O) groups is 2. The molecule has 1 heterocycles. The average Bonchev–Trinajstić information content (AvgIpc) is 2.45. The lowest BCUT2D eigenvalue weighted by Gasteiger charge is -2.07. The van der Waals surface area contributed by atoms with Gasteiger partial charge in [0.1, 0.15) is 12.4 Å². The first-order valence-electron chi connectivity index (χ1n) is 3.96. The first-order valence-corrected chi connectivity index (χ1v) is 3.96. The van der Waals surface area contributed by atoms with Crippen molar-refractivity contribution in [1.29, 1.82) is 0 Å². The number of fused-ring (bicyclic) bond motifs is 1. The normalized spacial score (nSPS) is 41.8. The van der Waals surface area contributed by atoms with Crippen molar-refractivity contribution in [3.05, 3.63) is 0 Å². The van der Waals surface area contributed by atoms with Crippen LogP contribution < -0.4 is 0 Å². The molecule has 0 amide bonds. The molecule has 1 saturated carbocycles. The average molecular weight is 154 g/mol. The lowest BCUT2D eigenvalue weighted by atomic mass is 9.95. The molecule has 0 aromatic rings. The Balaban J connectivity index is 2.12. The third-order valence-corrected chi connectivity index (χ3v) is 2.67. The van der Waals surface area contributed by atoms with E-state index in [9.17, 15) is 9.59 Å². The van der Waals surface area contributed by atoms with Gasteiger partial charge in [-0.25, -0.2) is 0 Å². The summed E-state index contributed by atoms with van der Waals surface area (Å²) < 4.78 is 5.02. The number of rotatable bonds is 1. The van der Waals surface area contributed by atoms with E-state index in [4.69, 9.17) is 4.74 Å². The van der Waals surface area contributed by atoms with Crippen molar-refractivity contribution in [1.82, 2.24) is 0 Å². The van der Waals surface area contributed by atoms with Gasteiger partial charge in [-0.3, -0.25) is 4.79 Å². The molecule has 2 fully saturated rings. The van der Waals surface area contributed by atoms with Crippen molar-refractivity contribution in [3.8, 4) is 0 Å². The van der Waals surface area contributed by atoms with Gasteiger partial charge in [-0.1, -0.05) is 0 Å². The van der Waals surface area contributed by atoms with Gasteiger partial charge < -0.3 is 9.53 Å². The van der Waals surface area contributed by atoms with Gasteiger partial charge >= 0.3 is 5.97 Å². The van der Waals surface area contributed by atoms with Crippen LogP contribution in [0.15, 0.2) is 0 Å². The highest BCUT2D eigenvalue weighted by Gasteiger charge is 2.44. The zero-order valence-corrected chi connectivity index (χ0v) is 6.16. The zero-order valence-electron chi connectivity index (χ0n) is 6.16. The van der Waals surface area contributed by atoms with Gasteiger partial charge in [0.25, 0.3) is 0 Å². The van der Waals surface area contributed by atoms with Crippen molar-refractivity contribution < 1.29 is 14.3 Å². The number of esters is 1. The summed E-state index contributed by atoms with van der Waals surface area (Å²) in [6.45, 7) is 0. The molecule has 0 unspecified atom stereocenters. The maximum Gasteiger partial charge on any atom is 0.306 e. The Hall–Kier alpha value is -0.860. The van der Waals surface area contributed by atoms with E-state index in [-0.39, 0.29) is 23.9 Å². The maximum atomic E-state index is 10.8. The summed E-state index contributed by atoms with van der Waals surface area (Å²) in [5.74, 6) is 0.137. The molecule has 11 heavy (non-hydrogen) atoms. The van der Waals surface area contributed by atoms with Crippen LogP contribution in [0.5, 0.6) is 0 Å². The summed E-state index contributed by atoms with van der Waals surface area (Å²) in [6, 6.07) is 0. The van der Waals surface area contributed by atoms with Crippen molar-refractivity contribution >= 4 is 12.3 Å². The smallest absolute Gasteiger partial charge is 0.306 e. The van der Waals surface area contributed by atoms with E-state index >= 15 is 0 Å². The number of hydrogen-bond acceptors (Lipinski definition) is 3. The van der Waals surface area contributed by atoms with Gasteiger partial charge in [-0.05, 0) is 12.8 Å². The molecule has 60 valence electrons. The first-order chi connectivity index (χ1) is 5.31. The SMILES string of the molecule is O=C[C@@H]1CC[C@@H]2OC(=O)C[C@@H]12. The highest BCUT2D eigenvalue weighted by molar-refractivity contribution is 5.73. The van der Waals surface area contributed by atoms with Crippen LogP contribution in [-0.2, 0) is 14.3 Å². The van der Waals surface area contributed by atoms with E-state index in [2.05, 4.69) is 0 Å². The van der Waals surface area contributed by atoms with Gasteiger partial charge in [-0.2, -0.15) is 0 Å². The number of carbonyl (C=O) groups excluding carboxylic acids is 2. The molecule has 0 radical (unpaired) electrons. The Kier molecular flexibility index (Phi) is 1.44. The molecular formula is C8H10O3. The van der Waals surface area contributed by atoms with E-state index in [0.29, 0.717) is 6.42 Å². The van der Waals surface area contributed by atoms with Crippen molar-refractivity contribution in [2.75, 3.05) is 0 Å². The number of aldehydes is 1. The van der Waals surface area contributed by atoms with Crippen LogP contribution in [0, 0.1) is 11.8 Å². The molecule has 0 aromatic heterocycles. The van der Waals surface area contributed by atoms with Gasteiger partial charge in [0.15, 0.2) is 0 Å². The molecule has 3 heteroatoms. The van der Waals surface area contributed by atoms with Crippen LogP contribution in [0.25, 0.3) is 0 Å². The van der Waals surface area contributed by atoms with Crippen LogP contribution in [0.3, 0.4) is 0 Å². The molecule has 2 aliphatic rings. The lowest BCUT2D eigenvalue weighted by molar-refractivity contribution is -0.141. The quantitative estimate of drug-likeness (QED) is 0.408. The second kappa shape index (κ2) is 2.32. The molecule has 0 spiro atoms. The maximum absolute atomic E-state index is 10.8. The predicted molar refractivity (Wildman–Crippen MR) is 36.8 cm³/mol. The number of ether oxygens (including phenoxy) is 1. The molecule has 2 rings (SSSR count). The standard InChI is InChI=1S/C8H10O3/c9-4-5-1-2-7-6(5)3-8(10)11-7/h4-7H,1-3H2/t5-,6-,7-/m0/s1. The van der Waals surface area contributed by atoms with E-state index in [1.165, 1.54) is 0 Å². The lowest BCUT2D eigenvalue weighted by Crippen LogP contribution is -2.14. The van der Waals surface area contributed by atoms with Gasteiger partial charge in [0.05, 0.1) is 6.42 Å². The summed E-state index contributed by atoms with van der Waals surface area (Å²) in [4.78, 5) is 21.3. The van der Waals surface area contributed by atoms with Crippen LogP contribution >= 0.6 is 0 Å². The fourth-order valence-corrected chi connectivity index (χ4v) is 2.07. The summed E-state index contributed by atoms with van der Waals surface area (Å²) >= 11 is 0. The van der Waals surface area contributed by atoms with Gasteiger partial charge in [0, 0.05) is 11.8 Å². The molecule has 3 nitrogen and oxygen atoms in total. The molecular weight excluding hydrogens is 144 g/mol. The molecule has 1 saturated heterocycles. The third-order valence-electron chi connectivity index (χ3n) is 2.67. The summed E-state index contributed by atoms with van der Waals surface area (Å²) in [5, 5.41) is 0. The van der Waals surface area contributed by atoms with Crippen LogP contribution in [0.1, 0.15) is 19.3 Å². The highest BCUT2D eigenvalue weighted by atomic mass is 16.5. The fraction of sp³-hybridized carbons (Fsp3) is 0.750. The number of hydrogen-bond donors (Lipinski definition) is 0. The minimum Gasteiger partial charge on any atom is -0.462 e. The Morgan fingerprint density at radius 2 is 2.27 bits per heavy atom. The molecule has 1 aliphatic heterocycles. The Morgan fingerprint density at radius 3 is 3.00 bits per heavy atom. The van der Waals surface area contributed by atoms with Gasteiger partial charge in [0.2, 0.25) is 0 Å². The Morgan fingerprint density at radius 1 is 1.45 bits per heavy atom. The van der Waals surface area contributed by atoms with E-state index in [1.807, 2.05) is 0 Å². The summed E-state index contributed by atoms with van der Waals surface area (Å²) in [5.41, 5.74) is 0. The molecule has 0 bridgehead atoms. The second-order valence-electron chi connectivity index (χ2n) is 3.27. The zero-order chi connectivity index (χ0) is 7.84. The Labute approximate surface area is 64.7 Å². The van der Waals surface area contributed by atoms with Crippen LogP contribution in [0.2, 0.25) is 0 Å². The predicted octanol–water partition coefficient (Wildman–Crippen LogP) is 0.527. The third kappa shape index (κ3) is 0.951. The van der Waals surface area contributed by atoms with Crippen molar-refractivity contribution in [2.45, 2.75) is 25.4 Å². The minimum absolute atomic E-state index is 0.0534. The largest absolute Gasteiger partial charge is 0.462 e. The molecule has 0 N–H and O–H groups in total. The monoisotopic (exact) mass is 154 g/mol. The second-order valence-corrected chi connectivity index (χ2v) is 3.27. The summed E-state index contributed by atoms with van der Waals surface area (Å²) in [6.07, 6.45) is 3.24.